The zero-order valence-corrected chi connectivity index (χ0v) is 17.9. The Bertz CT molecular complexity index is 1150. The predicted octanol–water partition coefficient (Wildman–Crippen LogP) is 7.60. The number of benzene rings is 3. The summed E-state index contributed by atoms with van der Waals surface area (Å²) in [4.78, 5) is 3.04. The Hall–Kier alpha value is -3.26. The average molecular weight is 395 g/mol. The molecule has 2 nitrogen and oxygen atoms in total. The average Bonchev–Trinajstić information content (AvgIpc) is 3.34. The minimum absolute atomic E-state index is 0.723. The first-order valence-electron chi connectivity index (χ1n) is 10.9. The quantitative estimate of drug-likeness (QED) is 0.324. The van der Waals surface area contributed by atoms with Gasteiger partial charge in [-0.1, -0.05) is 80.1 Å². The van der Waals surface area contributed by atoms with Crippen LogP contribution in [0.3, 0.4) is 0 Å². The number of anilines is 1. The number of H-pyrrole nitrogens is 1. The number of nitrogens with two attached hydrogens (primary N) is 1. The van der Waals surface area contributed by atoms with Crippen molar-refractivity contribution in [2.45, 2.75) is 39.5 Å². The van der Waals surface area contributed by atoms with Gasteiger partial charge in [0.1, 0.15) is 5.82 Å². The normalized spacial score (nSPS) is 12.3. The van der Waals surface area contributed by atoms with Crippen molar-refractivity contribution in [2.24, 2.45) is 0 Å². The van der Waals surface area contributed by atoms with Crippen LogP contribution >= 0.6 is 0 Å². The third-order valence-electron chi connectivity index (χ3n) is 5.90. The molecule has 5 rings (SSSR count). The van der Waals surface area contributed by atoms with Gasteiger partial charge in [-0.15, -0.1) is 0 Å². The van der Waals surface area contributed by atoms with Crippen LogP contribution in [0.25, 0.3) is 27.6 Å². The smallest absolute Gasteiger partial charge is 0.101 e. The number of hydrogen-bond acceptors (Lipinski definition) is 1. The van der Waals surface area contributed by atoms with Gasteiger partial charge in [0.15, 0.2) is 0 Å². The van der Waals surface area contributed by atoms with Crippen molar-refractivity contribution < 1.29 is 0 Å². The standard InChI is InChI=1S/C20H22.C8H8N2/c1-3-5-9-15(4-2)17-12-8-13-19-18-11-7-6-10-16(18)14-20(17)19;9-8-5-6-3-1-2-4-7(6)10-8/h4,6-8,10-13H,3,5,9,14H2,1-2H3;1-5,10H,9H2. The lowest BCUT2D eigenvalue weighted by Crippen LogP contribution is -1.93. The fourth-order valence-electron chi connectivity index (χ4n) is 4.36. The molecule has 0 aliphatic heterocycles. The molecule has 152 valence electrons. The number of allylic oxidation sites excluding steroid dienone is 2. The van der Waals surface area contributed by atoms with Crippen molar-refractivity contribution >= 4 is 22.3 Å². The first kappa shape index (κ1) is 20.0. The molecule has 0 amide bonds. The number of nitrogen functional groups attached to an aromatic ring is 1. The van der Waals surface area contributed by atoms with Crippen LogP contribution in [0.15, 0.2) is 78.9 Å². The van der Waals surface area contributed by atoms with Gasteiger partial charge in [-0.25, -0.2) is 0 Å². The number of rotatable bonds is 4. The fourth-order valence-corrected chi connectivity index (χ4v) is 4.36. The van der Waals surface area contributed by atoms with Gasteiger partial charge in [0.25, 0.3) is 0 Å². The minimum atomic E-state index is 0.723. The maximum Gasteiger partial charge on any atom is 0.101 e. The van der Waals surface area contributed by atoms with Crippen molar-refractivity contribution in [2.75, 3.05) is 5.73 Å². The van der Waals surface area contributed by atoms with E-state index in [4.69, 9.17) is 5.73 Å². The SMILES string of the molecule is CC=C(CCCC)c1cccc2c1Cc1ccccc1-2.Nc1cc2ccccc2[nH]1. The van der Waals surface area contributed by atoms with Gasteiger partial charge in [-0.3, -0.25) is 0 Å². The van der Waals surface area contributed by atoms with Crippen LogP contribution in [0.4, 0.5) is 5.82 Å². The van der Waals surface area contributed by atoms with Gasteiger partial charge in [-0.2, -0.15) is 0 Å². The van der Waals surface area contributed by atoms with Gasteiger partial charge in [0.05, 0.1) is 0 Å². The molecule has 3 aromatic carbocycles. The Morgan fingerprint density at radius 3 is 2.53 bits per heavy atom. The number of aromatic amines is 1. The van der Waals surface area contributed by atoms with Crippen molar-refractivity contribution in [3.05, 3.63) is 95.6 Å². The maximum absolute atomic E-state index is 5.54. The Kier molecular flexibility index (Phi) is 6.04. The lowest BCUT2D eigenvalue weighted by atomic mass is 9.92. The largest absolute Gasteiger partial charge is 0.385 e. The van der Waals surface area contributed by atoms with Crippen LogP contribution in [-0.4, -0.2) is 4.98 Å². The summed E-state index contributed by atoms with van der Waals surface area (Å²) >= 11 is 0. The lowest BCUT2D eigenvalue weighted by molar-refractivity contribution is 0.823. The zero-order valence-electron chi connectivity index (χ0n) is 17.9. The molecule has 1 aliphatic rings. The molecule has 1 aliphatic carbocycles. The number of unbranched alkanes of at least 4 members (excludes halogenated alkanes) is 1. The number of aromatic nitrogens is 1. The molecule has 0 saturated carbocycles. The van der Waals surface area contributed by atoms with E-state index in [0.29, 0.717) is 0 Å². The Balaban J connectivity index is 0.000000181. The number of hydrogen-bond donors (Lipinski definition) is 2. The molecule has 0 unspecified atom stereocenters. The van der Waals surface area contributed by atoms with Crippen LogP contribution in [0.2, 0.25) is 0 Å². The summed E-state index contributed by atoms with van der Waals surface area (Å²) in [6, 6.07) is 25.6. The highest BCUT2D eigenvalue weighted by atomic mass is 14.8. The van der Waals surface area contributed by atoms with Gasteiger partial charge >= 0.3 is 0 Å². The molecule has 1 heterocycles. The second-order valence-corrected chi connectivity index (χ2v) is 7.90. The molecule has 0 bridgehead atoms. The Morgan fingerprint density at radius 2 is 1.73 bits per heavy atom. The maximum atomic E-state index is 5.54. The van der Waals surface area contributed by atoms with Crippen LogP contribution < -0.4 is 5.73 Å². The summed E-state index contributed by atoms with van der Waals surface area (Å²) in [6.07, 6.45) is 7.11. The third kappa shape index (κ3) is 4.04. The summed E-state index contributed by atoms with van der Waals surface area (Å²) in [6.45, 7) is 4.44. The molecule has 2 heteroatoms. The number of fused-ring (bicyclic) bond motifs is 4. The van der Waals surface area contributed by atoms with E-state index in [1.54, 1.807) is 0 Å². The predicted molar refractivity (Wildman–Crippen MR) is 131 cm³/mol. The van der Waals surface area contributed by atoms with Crippen molar-refractivity contribution in [3.8, 4) is 11.1 Å². The molecular formula is C28H30N2. The molecule has 0 radical (unpaired) electrons. The minimum Gasteiger partial charge on any atom is -0.385 e. The summed E-state index contributed by atoms with van der Waals surface area (Å²) in [7, 11) is 0. The first-order chi connectivity index (χ1) is 14.7. The van der Waals surface area contributed by atoms with E-state index in [-0.39, 0.29) is 0 Å². The molecular weight excluding hydrogens is 364 g/mol. The zero-order chi connectivity index (χ0) is 20.9. The molecule has 3 N–H and O–H groups in total. The highest BCUT2D eigenvalue weighted by Crippen LogP contribution is 2.40. The highest BCUT2D eigenvalue weighted by Gasteiger charge is 2.21. The van der Waals surface area contributed by atoms with Gasteiger partial charge < -0.3 is 10.7 Å². The first-order valence-corrected chi connectivity index (χ1v) is 10.9. The Labute approximate surface area is 179 Å². The molecule has 0 atom stereocenters. The van der Waals surface area contributed by atoms with Gasteiger partial charge in [-0.05, 0) is 71.7 Å². The molecule has 0 saturated heterocycles. The highest BCUT2D eigenvalue weighted by molar-refractivity contribution is 5.84. The van der Waals surface area contributed by atoms with E-state index in [0.717, 1.165) is 17.8 Å². The second-order valence-electron chi connectivity index (χ2n) is 7.90. The Morgan fingerprint density at radius 1 is 0.967 bits per heavy atom. The fraction of sp³-hybridized carbons (Fsp3) is 0.214. The van der Waals surface area contributed by atoms with Gasteiger partial charge in [0, 0.05) is 10.9 Å². The number of nitrogens with one attached hydrogen (secondary N) is 1. The second kappa shape index (κ2) is 9.04. The van der Waals surface area contributed by atoms with E-state index in [9.17, 15) is 0 Å². The summed E-state index contributed by atoms with van der Waals surface area (Å²) in [5.41, 5.74) is 15.5. The number of para-hydroxylation sites is 1. The summed E-state index contributed by atoms with van der Waals surface area (Å²) in [5, 5.41) is 1.17. The molecule has 0 fully saturated rings. The molecule has 1 aromatic heterocycles. The van der Waals surface area contributed by atoms with Crippen molar-refractivity contribution in [1.29, 1.82) is 0 Å². The van der Waals surface area contributed by atoms with Crippen LogP contribution in [0, 0.1) is 0 Å². The molecule has 0 spiro atoms. The van der Waals surface area contributed by atoms with Crippen molar-refractivity contribution in [1.82, 2.24) is 4.98 Å². The van der Waals surface area contributed by atoms with Crippen LogP contribution in [0.1, 0.15) is 49.8 Å². The van der Waals surface area contributed by atoms with E-state index >= 15 is 0 Å². The van der Waals surface area contributed by atoms with E-state index in [1.165, 1.54) is 58.0 Å². The lowest BCUT2D eigenvalue weighted by Gasteiger charge is -2.12. The van der Waals surface area contributed by atoms with Crippen LogP contribution in [-0.2, 0) is 6.42 Å². The monoisotopic (exact) mass is 394 g/mol. The molecule has 30 heavy (non-hydrogen) atoms. The molecule has 4 aromatic rings. The third-order valence-corrected chi connectivity index (χ3v) is 5.90. The topological polar surface area (TPSA) is 41.8 Å². The van der Waals surface area contributed by atoms with Crippen LogP contribution in [0.5, 0.6) is 0 Å². The summed E-state index contributed by atoms with van der Waals surface area (Å²) in [5.74, 6) is 0.723. The van der Waals surface area contributed by atoms with E-state index in [1.807, 2.05) is 30.3 Å². The van der Waals surface area contributed by atoms with Crippen molar-refractivity contribution in [3.63, 3.8) is 0 Å². The van der Waals surface area contributed by atoms with Gasteiger partial charge in [0.2, 0.25) is 0 Å². The van der Waals surface area contributed by atoms with E-state index in [2.05, 4.69) is 67.4 Å². The summed E-state index contributed by atoms with van der Waals surface area (Å²) < 4.78 is 0. The van der Waals surface area contributed by atoms with E-state index < -0.39 is 0 Å².